The molecule has 0 aliphatic carbocycles. The molecule has 1 amide bonds. The lowest BCUT2D eigenvalue weighted by molar-refractivity contribution is -0.00724. The zero-order valence-corrected chi connectivity index (χ0v) is 20.6. The molecule has 10 nitrogen and oxygen atoms in total. The zero-order valence-electron chi connectivity index (χ0n) is 19.8. The van der Waals surface area contributed by atoms with Crippen molar-refractivity contribution in [2.75, 3.05) is 40.9 Å². The van der Waals surface area contributed by atoms with Gasteiger partial charge in [0.2, 0.25) is 0 Å². The van der Waals surface area contributed by atoms with Crippen LogP contribution in [0.3, 0.4) is 0 Å². The monoisotopic (exact) mass is 484 g/mol. The molecule has 33 heavy (non-hydrogen) atoms. The number of likely N-dealkylation sites (tertiary alicyclic amines) is 1. The van der Waals surface area contributed by atoms with Crippen molar-refractivity contribution in [3.8, 4) is 5.75 Å². The minimum absolute atomic E-state index is 0.0407. The number of ether oxygens (including phenoxy) is 2. The van der Waals surface area contributed by atoms with Gasteiger partial charge in [0.15, 0.2) is 0 Å². The fourth-order valence-corrected chi connectivity index (χ4v) is 5.95. The Morgan fingerprint density at radius 2 is 1.85 bits per heavy atom. The molecule has 1 aromatic carbocycles. The minimum atomic E-state index is -3.83. The summed E-state index contributed by atoms with van der Waals surface area (Å²) in [6, 6.07) is 5.75. The second-order valence-corrected chi connectivity index (χ2v) is 11.0. The molecule has 11 heteroatoms. The molecule has 2 aliphatic heterocycles. The number of nitrogens with one attached hydrogen (secondary N) is 1. The first-order chi connectivity index (χ1) is 15.6. The molecule has 0 bridgehead atoms. The van der Waals surface area contributed by atoms with E-state index in [0.29, 0.717) is 12.2 Å². The van der Waals surface area contributed by atoms with Crippen LogP contribution in [0.25, 0.3) is 0 Å². The largest absolute Gasteiger partial charge is 0.497 e. The Morgan fingerprint density at radius 3 is 2.39 bits per heavy atom. The fraction of sp³-hybridized carbons (Fsp3) is 0.682. The molecule has 1 aromatic rings. The molecule has 2 N–H and O–H groups in total. The van der Waals surface area contributed by atoms with Gasteiger partial charge >= 0.3 is 6.09 Å². The van der Waals surface area contributed by atoms with Crippen molar-refractivity contribution in [2.45, 2.75) is 57.0 Å². The summed E-state index contributed by atoms with van der Waals surface area (Å²) in [6.45, 7) is 3.82. The predicted molar refractivity (Wildman–Crippen MR) is 125 cm³/mol. The first-order valence-corrected chi connectivity index (χ1v) is 12.7. The Hall–Kier alpha value is -1.92. The van der Waals surface area contributed by atoms with Gasteiger partial charge < -0.3 is 19.9 Å². The quantitative estimate of drug-likeness (QED) is 0.547. The molecule has 2 fully saturated rings. The van der Waals surface area contributed by atoms with E-state index >= 15 is 0 Å². The summed E-state index contributed by atoms with van der Waals surface area (Å²) in [5.41, 5.74) is 0.792. The Morgan fingerprint density at radius 1 is 1.21 bits per heavy atom. The molecule has 3 rings (SSSR count). The van der Waals surface area contributed by atoms with Crippen molar-refractivity contribution in [1.82, 2.24) is 18.8 Å². The second-order valence-electron chi connectivity index (χ2n) is 8.88. The van der Waals surface area contributed by atoms with Gasteiger partial charge in [0.05, 0.1) is 31.9 Å². The summed E-state index contributed by atoms with van der Waals surface area (Å²) in [5, 5.41) is 13.2. The zero-order chi connectivity index (χ0) is 24.2. The van der Waals surface area contributed by atoms with E-state index < -0.39 is 28.4 Å². The number of hydrogen-bond donors (Lipinski definition) is 2. The van der Waals surface area contributed by atoms with Crippen molar-refractivity contribution in [3.63, 3.8) is 0 Å². The number of amides is 1. The standard InChI is InChI=1S/C22H36N4O6S/c1-16-13-20(21(26(16)22(27)28)15-32-19-9-11-23-12-10-19)25(33(29,30)24(2)3)14-17-5-7-18(31-4)8-6-17/h5-8,16,19-21,23H,9-15H2,1-4H3,(H,27,28)/t16-,20+,21+/m1/s1. The van der Waals surface area contributed by atoms with Crippen LogP contribution in [0.2, 0.25) is 0 Å². The van der Waals surface area contributed by atoms with Crippen LogP contribution in [0.15, 0.2) is 24.3 Å². The Kier molecular flexibility index (Phi) is 8.57. The molecule has 0 spiro atoms. The molecule has 0 saturated carbocycles. The van der Waals surface area contributed by atoms with Crippen molar-refractivity contribution in [3.05, 3.63) is 29.8 Å². The lowest BCUT2D eigenvalue weighted by Gasteiger charge is -2.36. The van der Waals surface area contributed by atoms with Crippen LogP contribution in [0, 0.1) is 0 Å². The highest BCUT2D eigenvalue weighted by Gasteiger charge is 2.48. The number of piperidine rings is 1. The average molecular weight is 485 g/mol. The molecule has 3 atom stereocenters. The maximum Gasteiger partial charge on any atom is 0.407 e. The maximum atomic E-state index is 13.4. The SMILES string of the molecule is COc1ccc(CN([C@H]2C[C@@H](C)N(C(=O)O)[C@H]2COC2CCNCC2)S(=O)(=O)N(C)C)cc1. The number of rotatable bonds is 9. The predicted octanol–water partition coefficient (Wildman–Crippen LogP) is 1.58. The van der Waals surface area contributed by atoms with E-state index in [-0.39, 0.29) is 25.3 Å². The van der Waals surface area contributed by atoms with Crippen LogP contribution in [0.4, 0.5) is 4.79 Å². The Balaban J connectivity index is 1.90. The molecule has 0 unspecified atom stereocenters. The third-order valence-corrected chi connectivity index (χ3v) is 8.41. The summed E-state index contributed by atoms with van der Waals surface area (Å²) in [7, 11) is 0.721. The van der Waals surface area contributed by atoms with Gasteiger partial charge in [-0.05, 0) is 57.0 Å². The van der Waals surface area contributed by atoms with E-state index in [4.69, 9.17) is 9.47 Å². The van der Waals surface area contributed by atoms with E-state index in [1.54, 1.807) is 19.2 Å². The van der Waals surface area contributed by atoms with Crippen LogP contribution in [0.5, 0.6) is 5.75 Å². The van der Waals surface area contributed by atoms with Crippen LogP contribution in [0.1, 0.15) is 31.7 Å². The highest BCUT2D eigenvalue weighted by atomic mass is 32.2. The third kappa shape index (κ3) is 5.96. The van der Waals surface area contributed by atoms with Gasteiger partial charge in [0.25, 0.3) is 10.2 Å². The third-order valence-electron chi connectivity index (χ3n) is 6.49. The normalized spacial score (nSPS) is 24.5. The van der Waals surface area contributed by atoms with Crippen molar-refractivity contribution in [1.29, 1.82) is 0 Å². The molecule has 0 aromatic heterocycles. The van der Waals surface area contributed by atoms with Crippen LogP contribution in [-0.4, -0.2) is 98.3 Å². The summed E-state index contributed by atoms with van der Waals surface area (Å²) < 4.78 is 40.7. The van der Waals surface area contributed by atoms with Gasteiger partial charge in [-0.15, -0.1) is 0 Å². The molecule has 2 aliphatic rings. The van der Waals surface area contributed by atoms with Crippen molar-refractivity contribution >= 4 is 16.3 Å². The number of methoxy groups -OCH3 is 1. The Labute approximate surface area is 196 Å². The highest BCUT2D eigenvalue weighted by molar-refractivity contribution is 7.86. The topological polar surface area (TPSA) is 112 Å². The number of carboxylic acid groups (broad SMARTS) is 1. The van der Waals surface area contributed by atoms with Gasteiger partial charge in [0, 0.05) is 26.7 Å². The summed E-state index contributed by atoms with van der Waals surface area (Å²) in [4.78, 5) is 13.5. The van der Waals surface area contributed by atoms with Gasteiger partial charge in [-0.25, -0.2) is 4.79 Å². The summed E-state index contributed by atoms with van der Waals surface area (Å²) >= 11 is 0. The average Bonchev–Trinajstić information content (AvgIpc) is 3.12. The van der Waals surface area contributed by atoms with E-state index in [1.165, 1.54) is 27.6 Å². The molecular formula is C22H36N4O6S. The van der Waals surface area contributed by atoms with E-state index in [2.05, 4.69) is 5.32 Å². The lowest BCUT2D eigenvalue weighted by atomic mass is 10.1. The molecule has 2 heterocycles. The van der Waals surface area contributed by atoms with Gasteiger partial charge in [0.1, 0.15) is 5.75 Å². The summed E-state index contributed by atoms with van der Waals surface area (Å²) in [5.74, 6) is 0.681. The Bertz CT molecular complexity index is 889. The van der Waals surface area contributed by atoms with Crippen molar-refractivity contribution in [2.24, 2.45) is 0 Å². The van der Waals surface area contributed by atoms with E-state index in [1.807, 2.05) is 19.1 Å². The number of benzene rings is 1. The number of nitrogens with zero attached hydrogens (tertiary/aromatic N) is 3. The number of hydrogen-bond acceptors (Lipinski definition) is 6. The lowest BCUT2D eigenvalue weighted by Crippen LogP contribution is -2.53. The van der Waals surface area contributed by atoms with Gasteiger partial charge in [-0.3, -0.25) is 4.90 Å². The molecular weight excluding hydrogens is 448 g/mol. The van der Waals surface area contributed by atoms with E-state index in [0.717, 1.165) is 31.5 Å². The maximum absolute atomic E-state index is 13.4. The van der Waals surface area contributed by atoms with Gasteiger partial charge in [-0.1, -0.05) is 12.1 Å². The second kappa shape index (κ2) is 11.0. The highest BCUT2D eigenvalue weighted by Crippen LogP contribution is 2.33. The van der Waals surface area contributed by atoms with Crippen molar-refractivity contribution < 1.29 is 27.8 Å². The number of carbonyl (C=O) groups is 1. The van der Waals surface area contributed by atoms with Gasteiger partial charge in [-0.2, -0.15) is 17.0 Å². The molecule has 0 radical (unpaired) electrons. The first kappa shape index (κ1) is 25.7. The minimum Gasteiger partial charge on any atom is -0.497 e. The summed E-state index contributed by atoms with van der Waals surface area (Å²) in [6.07, 6.45) is 1.09. The first-order valence-electron chi connectivity index (χ1n) is 11.3. The smallest absolute Gasteiger partial charge is 0.407 e. The van der Waals surface area contributed by atoms with E-state index in [9.17, 15) is 18.3 Å². The molecule has 186 valence electrons. The van der Waals surface area contributed by atoms with Crippen LogP contribution in [-0.2, 0) is 21.5 Å². The molecule has 2 saturated heterocycles. The van der Waals surface area contributed by atoms with Crippen LogP contribution >= 0.6 is 0 Å². The fourth-order valence-electron chi connectivity index (χ4n) is 4.65. The van der Waals surface area contributed by atoms with Crippen LogP contribution < -0.4 is 10.1 Å².